The fourth-order valence-electron chi connectivity index (χ4n) is 2.54. The third-order valence-corrected chi connectivity index (χ3v) is 3.59. The van der Waals surface area contributed by atoms with Crippen LogP contribution in [0, 0.1) is 5.92 Å². The first-order chi connectivity index (χ1) is 7.69. The van der Waals surface area contributed by atoms with Crippen molar-refractivity contribution in [3.8, 4) is 0 Å². The van der Waals surface area contributed by atoms with Gasteiger partial charge in [-0.25, -0.2) is 0 Å². The zero-order valence-electron chi connectivity index (χ0n) is 10.9. The molecule has 0 aromatic heterocycles. The van der Waals surface area contributed by atoms with E-state index in [1.165, 1.54) is 25.7 Å². The van der Waals surface area contributed by atoms with Gasteiger partial charge in [-0.3, -0.25) is 4.79 Å². The van der Waals surface area contributed by atoms with Crippen molar-refractivity contribution in [1.82, 2.24) is 10.6 Å². The van der Waals surface area contributed by atoms with Crippen LogP contribution < -0.4 is 10.6 Å². The molecule has 94 valence electrons. The van der Waals surface area contributed by atoms with E-state index in [4.69, 9.17) is 0 Å². The Balaban J connectivity index is 2.32. The molecule has 1 aliphatic rings. The molecule has 3 atom stereocenters. The van der Waals surface area contributed by atoms with Crippen molar-refractivity contribution in [1.29, 1.82) is 0 Å². The molecular formula is C13H26N2O. The second-order valence-corrected chi connectivity index (χ2v) is 4.89. The lowest BCUT2D eigenvalue weighted by Gasteiger charge is -2.23. The molecule has 3 heteroatoms. The van der Waals surface area contributed by atoms with Gasteiger partial charge in [0.15, 0.2) is 0 Å². The van der Waals surface area contributed by atoms with Crippen LogP contribution >= 0.6 is 0 Å². The summed E-state index contributed by atoms with van der Waals surface area (Å²) in [5.41, 5.74) is 0. The molecule has 16 heavy (non-hydrogen) atoms. The number of amides is 1. The van der Waals surface area contributed by atoms with E-state index in [2.05, 4.69) is 24.5 Å². The first kappa shape index (κ1) is 13.5. The van der Waals surface area contributed by atoms with Crippen LogP contribution in [0.4, 0.5) is 0 Å². The van der Waals surface area contributed by atoms with Crippen LogP contribution in [0.25, 0.3) is 0 Å². The zero-order valence-corrected chi connectivity index (χ0v) is 10.9. The lowest BCUT2D eigenvalue weighted by Crippen LogP contribution is -2.47. The Kier molecular flexibility index (Phi) is 5.81. The summed E-state index contributed by atoms with van der Waals surface area (Å²) < 4.78 is 0. The van der Waals surface area contributed by atoms with Crippen LogP contribution in [-0.4, -0.2) is 24.5 Å². The molecule has 2 N–H and O–H groups in total. The van der Waals surface area contributed by atoms with Crippen LogP contribution in [-0.2, 0) is 4.79 Å². The maximum Gasteiger partial charge on any atom is 0.236 e. The first-order valence-corrected chi connectivity index (χ1v) is 6.72. The molecule has 1 amide bonds. The standard InChI is InChI=1S/C13H26N2O/c1-4-9-14-13(16)10(3)15-12-8-6-7-11(12)5-2/h10-12,15H,4-9H2,1-3H3,(H,14,16). The average Bonchev–Trinajstić information content (AvgIpc) is 2.72. The molecule has 3 unspecified atom stereocenters. The van der Waals surface area contributed by atoms with E-state index in [0.29, 0.717) is 6.04 Å². The molecule has 1 aliphatic carbocycles. The number of rotatable bonds is 6. The normalized spacial score (nSPS) is 26.7. The number of carbonyl (C=O) groups is 1. The van der Waals surface area contributed by atoms with Crippen LogP contribution in [0.1, 0.15) is 52.9 Å². The van der Waals surface area contributed by atoms with Crippen LogP contribution in [0.2, 0.25) is 0 Å². The van der Waals surface area contributed by atoms with Crippen molar-refractivity contribution in [2.75, 3.05) is 6.54 Å². The lowest BCUT2D eigenvalue weighted by atomic mass is 10.00. The van der Waals surface area contributed by atoms with E-state index in [1.54, 1.807) is 0 Å². The summed E-state index contributed by atoms with van der Waals surface area (Å²) in [4.78, 5) is 11.7. The monoisotopic (exact) mass is 226 g/mol. The molecule has 1 rings (SSSR count). The van der Waals surface area contributed by atoms with Gasteiger partial charge in [-0.1, -0.05) is 26.7 Å². The summed E-state index contributed by atoms with van der Waals surface area (Å²) in [6.07, 6.45) is 6.07. The Bertz CT molecular complexity index is 218. The fraction of sp³-hybridized carbons (Fsp3) is 0.923. The molecule has 0 radical (unpaired) electrons. The van der Waals surface area contributed by atoms with Crippen LogP contribution in [0.15, 0.2) is 0 Å². The molecular weight excluding hydrogens is 200 g/mol. The van der Waals surface area contributed by atoms with Gasteiger partial charge in [0.1, 0.15) is 0 Å². The minimum absolute atomic E-state index is 0.0521. The first-order valence-electron chi connectivity index (χ1n) is 6.72. The molecule has 0 spiro atoms. The highest BCUT2D eigenvalue weighted by molar-refractivity contribution is 5.81. The number of nitrogens with one attached hydrogen (secondary N) is 2. The predicted octanol–water partition coefficient (Wildman–Crippen LogP) is 2.07. The molecule has 0 saturated heterocycles. The average molecular weight is 226 g/mol. The van der Waals surface area contributed by atoms with Gasteiger partial charge in [0.25, 0.3) is 0 Å². The largest absolute Gasteiger partial charge is 0.355 e. The Hall–Kier alpha value is -0.570. The van der Waals surface area contributed by atoms with Gasteiger partial charge in [-0.15, -0.1) is 0 Å². The zero-order chi connectivity index (χ0) is 12.0. The van der Waals surface area contributed by atoms with Gasteiger partial charge in [0, 0.05) is 12.6 Å². The van der Waals surface area contributed by atoms with Crippen LogP contribution in [0.3, 0.4) is 0 Å². The van der Waals surface area contributed by atoms with Crippen LogP contribution in [0.5, 0.6) is 0 Å². The summed E-state index contributed by atoms with van der Waals surface area (Å²) in [5, 5.41) is 6.41. The van der Waals surface area contributed by atoms with Gasteiger partial charge < -0.3 is 10.6 Å². The highest BCUT2D eigenvalue weighted by Crippen LogP contribution is 2.28. The molecule has 3 nitrogen and oxygen atoms in total. The maximum absolute atomic E-state index is 11.7. The maximum atomic E-state index is 11.7. The van der Waals surface area contributed by atoms with Crippen molar-refractivity contribution < 1.29 is 4.79 Å². The number of hydrogen-bond acceptors (Lipinski definition) is 2. The molecule has 0 bridgehead atoms. The second-order valence-electron chi connectivity index (χ2n) is 4.89. The predicted molar refractivity (Wildman–Crippen MR) is 67.3 cm³/mol. The molecule has 0 aliphatic heterocycles. The fourth-order valence-corrected chi connectivity index (χ4v) is 2.54. The smallest absolute Gasteiger partial charge is 0.236 e. The lowest BCUT2D eigenvalue weighted by molar-refractivity contribution is -0.123. The van der Waals surface area contributed by atoms with Crippen molar-refractivity contribution in [3.05, 3.63) is 0 Å². The Morgan fingerprint density at radius 2 is 2.12 bits per heavy atom. The summed E-state index contributed by atoms with van der Waals surface area (Å²) in [6, 6.07) is 0.496. The van der Waals surface area contributed by atoms with Gasteiger partial charge in [-0.2, -0.15) is 0 Å². The molecule has 0 aromatic rings. The molecule has 1 saturated carbocycles. The third kappa shape index (κ3) is 3.78. The van der Waals surface area contributed by atoms with Gasteiger partial charge in [0.2, 0.25) is 5.91 Å². The summed E-state index contributed by atoms with van der Waals surface area (Å²) >= 11 is 0. The van der Waals surface area contributed by atoms with Crippen molar-refractivity contribution in [3.63, 3.8) is 0 Å². The van der Waals surface area contributed by atoms with Crippen molar-refractivity contribution in [2.45, 2.75) is 65.0 Å². The van der Waals surface area contributed by atoms with Crippen molar-refractivity contribution in [2.24, 2.45) is 5.92 Å². The van der Waals surface area contributed by atoms with E-state index in [1.807, 2.05) is 6.92 Å². The minimum Gasteiger partial charge on any atom is -0.355 e. The second kappa shape index (κ2) is 6.89. The topological polar surface area (TPSA) is 41.1 Å². The third-order valence-electron chi connectivity index (χ3n) is 3.59. The highest BCUT2D eigenvalue weighted by Gasteiger charge is 2.28. The van der Waals surface area contributed by atoms with E-state index in [9.17, 15) is 4.79 Å². The highest BCUT2D eigenvalue weighted by atomic mass is 16.2. The molecule has 0 aromatic carbocycles. The minimum atomic E-state index is -0.0521. The Morgan fingerprint density at radius 3 is 2.75 bits per heavy atom. The van der Waals surface area contributed by atoms with Gasteiger partial charge >= 0.3 is 0 Å². The van der Waals surface area contributed by atoms with Gasteiger partial charge in [-0.05, 0) is 32.1 Å². The van der Waals surface area contributed by atoms with E-state index < -0.39 is 0 Å². The van der Waals surface area contributed by atoms with E-state index in [0.717, 1.165) is 18.9 Å². The molecule has 1 fully saturated rings. The van der Waals surface area contributed by atoms with Gasteiger partial charge in [0.05, 0.1) is 6.04 Å². The molecule has 0 heterocycles. The van der Waals surface area contributed by atoms with E-state index >= 15 is 0 Å². The SMILES string of the molecule is CCCNC(=O)C(C)NC1CCCC1CC. The quantitative estimate of drug-likeness (QED) is 0.728. The summed E-state index contributed by atoms with van der Waals surface area (Å²) in [5.74, 6) is 0.907. The Morgan fingerprint density at radius 1 is 1.38 bits per heavy atom. The number of hydrogen-bond donors (Lipinski definition) is 2. The van der Waals surface area contributed by atoms with Crippen molar-refractivity contribution >= 4 is 5.91 Å². The summed E-state index contributed by atoms with van der Waals surface area (Å²) in [7, 11) is 0. The summed E-state index contributed by atoms with van der Waals surface area (Å²) in [6.45, 7) is 7.07. The number of carbonyl (C=O) groups excluding carboxylic acids is 1. The Labute approximate surface area is 99.4 Å². The van der Waals surface area contributed by atoms with E-state index in [-0.39, 0.29) is 11.9 Å².